The summed E-state index contributed by atoms with van der Waals surface area (Å²) in [5.74, 6) is 0.0457. The highest BCUT2D eigenvalue weighted by Crippen LogP contribution is 2.32. The maximum atomic E-state index is 13.4. The van der Waals surface area contributed by atoms with Gasteiger partial charge in [0.1, 0.15) is 18.2 Å². The van der Waals surface area contributed by atoms with E-state index >= 15 is 0 Å². The number of benzene rings is 3. The lowest BCUT2D eigenvalue weighted by atomic mass is 10.2. The van der Waals surface area contributed by atoms with Gasteiger partial charge in [0.25, 0.3) is 0 Å². The molecule has 162 valence electrons. The van der Waals surface area contributed by atoms with Crippen LogP contribution in [0.3, 0.4) is 0 Å². The van der Waals surface area contributed by atoms with E-state index in [1.54, 1.807) is 18.2 Å². The molecule has 0 saturated heterocycles. The molecule has 0 unspecified atom stereocenters. The van der Waals surface area contributed by atoms with Crippen LogP contribution < -0.4 is 4.74 Å². The van der Waals surface area contributed by atoms with Gasteiger partial charge < -0.3 is 9.47 Å². The lowest BCUT2D eigenvalue weighted by Gasteiger charge is -2.11. The Morgan fingerprint density at radius 2 is 1.81 bits per heavy atom. The normalized spacial score (nSPS) is 14.5. The average molecular weight is 786 g/mol. The molecule has 0 saturated carbocycles. The van der Waals surface area contributed by atoms with Crippen molar-refractivity contribution in [2.45, 2.75) is 6.61 Å². The Morgan fingerprint density at radius 1 is 1.06 bits per heavy atom. The van der Waals surface area contributed by atoms with Crippen molar-refractivity contribution < 1.29 is 18.7 Å². The number of halogens is 5. The highest BCUT2D eigenvalue weighted by atomic mass is 127. The van der Waals surface area contributed by atoms with E-state index < -0.39 is 5.97 Å². The molecule has 0 bridgehead atoms. The quantitative estimate of drug-likeness (QED) is 0.156. The van der Waals surface area contributed by atoms with E-state index in [9.17, 15) is 9.18 Å². The van der Waals surface area contributed by atoms with Gasteiger partial charge in [-0.3, -0.25) is 0 Å². The first-order valence-electron chi connectivity index (χ1n) is 9.14. The van der Waals surface area contributed by atoms with Crippen molar-refractivity contribution in [3.63, 3.8) is 0 Å². The van der Waals surface area contributed by atoms with Crippen LogP contribution in [0.25, 0.3) is 6.08 Å². The SMILES string of the molecule is O=C1OC(c2cc(I)ccc2Cl)=N/C1=C\c1cc(I)c(OCc2cccc(F)c2)c(I)c1. The maximum Gasteiger partial charge on any atom is 0.363 e. The first kappa shape index (κ1) is 23.9. The fourth-order valence-electron chi connectivity index (χ4n) is 2.93. The smallest absolute Gasteiger partial charge is 0.363 e. The van der Waals surface area contributed by atoms with Gasteiger partial charge >= 0.3 is 5.97 Å². The van der Waals surface area contributed by atoms with E-state index in [1.807, 2.05) is 30.3 Å². The van der Waals surface area contributed by atoms with E-state index in [2.05, 4.69) is 72.8 Å². The zero-order valence-electron chi connectivity index (χ0n) is 16.0. The molecule has 0 N–H and O–H groups in total. The second-order valence-corrected chi connectivity index (χ2v) is 10.7. The summed E-state index contributed by atoms with van der Waals surface area (Å²) in [4.78, 5) is 16.7. The van der Waals surface area contributed by atoms with Crippen LogP contribution in [-0.4, -0.2) is 11.9 Å². The minimum absolute atomic E-state index is 0.184. The molecule has 1 heterocycles. The monoisotopic (exact) mass is 785 g/mol. The first-order chi connectivity index (χ1) is 15.3. The topological polar surface area (TPSA) is 47.9 Å². The first-order valence-corrected chi connectivity index (χ1v) is 12.8. The van der Waals surface area contributed by atoms with E-state index in [4.69, 9.17) is 21.1 Å². The number of rotatable bonds is 5. The Hall–Kier alpha value is -1.25. The van der Waals surface area contributed by atoms with Gasteiger partial charge in [-0.1, -0.05) is 23.7 Å². The van der Waals surface area contributed by atoms with E-state index in [0.717, 1.165) is 21.8 Å². The van der Waals surface area contributed by atoms with E-state index in [0.29, 0.717) is 16.3 Å². The Bertz CT molecular complexity index is 1270. The summed E-state index contributed by atoms with van der Waals surface area (Å²) in [5, 5.41) is 0.460. The summed E-state index contributed by atoms with van der Waals surface area (Å²) in [6, 6.07) is 15.5. The Labute approximate surface area is 229 Å². The van der Waals surface area contributed by atoms with Crippen LogP contribution >= 0.6 is 79.4 Å². The molecule has 3 aromatic carbocycles. The number of cyclic esters (lactones) is 1. The number of esters is 1. The molecule has 9 heteroatoms. The van der Waals surface area contributed by atoms with Gasteiger partial charge in [0.2, 0.25) is 5.90 Å². The molecule has 0 atom stereocenters. The van der Waals surface area contributed by atoms with Gasteiger partial charge in [-0.2, -0.15) is 0 Å². The van der Waals surface area contributed by atoms with Crippen LogP contribution in [0.5, 0.6) is 5.75 Å². The highest BCUT2D eigenvalue weighted by molar-refractivity contribution is 14.1. The zero-order chi connectivity index (χ0) is 22.8. The van der Waals surface area contributed by atoms with Crippen LogP contribution in [-0.2, 0) is 16.1 Å². The number of carbonyl (C=O) groups is 1. The molecule has 0 amide bonds. The fourth-order valence-corrected chi connectivity index (χ4v) is 5.74. The predicted molar refractivity (Wildman–Crippen MR) is 147 cm³/mol. The van der Waals surface area contributed by atoms with Gasteiger partial charge in [-0.05, 0) is 127 Å². The molecule has 4 rings (SSSR count). The summed E-state index contributed by atoms with van der Waals surface area (Å²) >= 11 is 12.7. The summed E-state index contributed by atoms with van der Waals surface area (Å²) in [6.45, 7) is 0.251. The molecule has 0 spiro atoms. The van der Waals surface area contributed by atoms with Crippen molar-refractivity contribution in [1.82, 2.24) is 0 Å². The number of aliphatic imine (C=N–C) groups is 1. The molecule has 4 nitrogen and oxygen atoms in total. The maximum absolute atomic E-state index is 13.4. The molecular weight excluding hydrogens is 773 g/mol. The van der Waals surface area contributed by atoms with Crippen LogP contribution in [0.2, 0.25) is 5.02 Å². The van der Waals surface area contributed by atoms with Crippen LogP contribution in [0.4, 0.5) is 4.39 Å². The average Bonchev–Trinajstić information content (AvgIpc) is 3.09. The second-order valence-electron chi connectivity index (χ2n) is 6.69. The third-order valence-electron chi connectivity index (χ3n) is 4.38. The van der Waals surface area contributed by atoms with Crippen molar-refractivity contribution >= 4 is 97.3 Å². The van der Waals surface area contributed by atoms with Crippen molar-refractivity contribution in [2.75, 3.05) is 0 Å². The molecule has 0 aliphatic carbocycles. The lowest BCUT2D eigenvalue weighted by Crippen LogP contribution is -2.06. The predicted octanol–water partition coefficient (Wildman–Crippen LogP) is 7.22. The largest absolute Gasteiger partial charge is 0.487 e. The molecule has 0 fully saturated rings. The van der Waals surface area contributed by atoms with Gasteiger partial charge in [-0.15, -0.1) is 0 Å². The van der Waals surface area contributed by atoms with Crippen molar-refractivity contribution in [3.8, 4) is 5.75 Å². The number of hydrogen-bond acceptors (Lipinski definition) is 4. The molecule has 3 aromatic rings. The van der Waals surface area contributed by atoms with Gasteiger partial charge in [0, 0.05) is 3.57 Å². The summed E-state index contributed by atoms with van der Waals surface area (Å²) in [7, 11) is 0. The number of ether oxygens (including phenoxy) is 2. The van der Waals surface area contributed by atoms with Gasteiger partial charge in [0.15, 0.2) is 5.70 Å². The third-order valence-corrected chi connectivity index (χ3v) is 6.98. The second kappa shape index (κ2) is 10.3. The van der Waals surface area contributed by atoms with Gasteiger partial charge in [0.05, 0.1) is 17.7 Å². The molecule has 0 aromatic heterocycles. The standard InChI is InChI=1S/C23H12ClFI3NO3/c24-17-5-4-15(26)10-16(17)22-29-20(23(30)32-22)9-13-7-18(27)21(19(28)8-13)31-11-12-2-1-3-14(25)6-12/h1-10H,11H2/b20-9-. The molecular formula is C23H12ClFI3NO3. The fraction of sp³-hybridized carbons (Fsp3) is 0.0435. The Balaban J connectivity index is 1.58. The highest BCUT2D eigenvalue weighted by Gasteiger charge is 2.26. The van der Waals surface area contributed by atoms with Crippen LogP contribution in [0.1, 0.15) is 16.7 Å². The molecule has 1 aliphatic heterocycles. The van der Waals surface area contributed by atoms with Crippen molar-refractivity contribution in [3.05, 3.63) is 98.5 Å². The number of carbonyl (C=O) groups excluding carboxylic acids is 1. The number of hydrogen-bond donors (Lipinski definition) is 0. The molecule has 1 aliphatic rings. The zero-order valence-corrected chi connectivity index (χ0v) is 23.3. The Kier molecular flexibility index (Phi) is 7.73. The van der Waals surface area contributed by atoms with Crippen LogP contribution in [0, 0.1) is 16.5 Å². The number of nitrogens with zero attached hydrogens (tertiary/aromatic N) is 1. The molecule has 0 radical (unpaired) electrons. The van der Waals surface area contributed by atoms with E-state index in [1.165, 1.54) is 12.1 Å². The van der Waals surface area contributed by atoms with Crippen LogP contribution in [0.15, 0.2) is 65.3 Å². The Morgan fingerprint density at radius 3 is 2.53 bits per heavy atom. The minimum Gasteiger partial charge on any atom is -0.487 e. The van der Waals surface area contributed by atoms with Gasteiger partial charge in [-0.25, -0.2) is 14.2 Å². The van der Waals surface area contributed by atoms with E-state index in [-0.39, 0.29) is 24.0 Å². The van der Waals surface area contributed by atoms with Crippen molar-refractivity contribution in [2.24, 2.45) is 4.99 Å². The summed E-state index contributed by atoms with van der Waals surface area (Å²) < 4.78 is 27.3. The summed E-state index contributed by atoms with van der Waals surface area (Å²) in [6.07, 6.45) is 1.66. The minimum atomic E-state index is -0.536. The summed E-state index contributed by atoms with van der Waals surface area (Å²) in [5.41, 5.74) is 2.28. The third kappa shape index (κ3) is 5.62. The lowest BCUT2D eigenvalue weighted by molar-refractivity contribution is -0.129. The van der Waals surface area contributed by atoms with Crippen molar-refractivity contribution in [1.29, 1.82) is 0 Å². The molecule has 32 heavy (non-hydrogen) atoms.